The summed E-state index contributed by atoms with van der Waals surface area (Å²) in [6.07, 6.45) is 6.02. The lowest BCUT2D eigenvalue weighted by molar-refractivity contribution is -0.137. The average Bonchev–Trinajstić information content (AvgIpc) is 3.55. The van der Waals surface area contributed by atoms with Gasteiger partial charge >= 0.3 is 6.18 Å². The first-order valence-corrected chi connectivity index (χ1v) is 10.8. The molecule has 2 heterocycles. The Morgan fingerprint density at radius 2 is 1.88 bits per heavy atom. The number of unbranched alkanes of at least 4 members (excludes halogenated alkanes) is 1. The highest BCUT2D eigenvalue weighted by atomic mass is 19.4. The fourth-order valence-corrected chi connectivity index (χ4v) is 3.50. The van der Waals surface area contributed by atoms with E-state index in [-0.39, 0.29) is 12.2 Å². The van der Waals surface area contributed by atoms with Crippen LogP contribution in [-0.4, -0.2) is 26.6 Å². The van der Waals surface area contributed by atoms with E-state index in [1.807, 2.05) is 35.1 Å². The van der Waals surface area contributed by atoms with Crippen molar-refractivity contribution in [2.24, 2.45) is 0 Å². The third kappa shape index (κ3) is 6.34. The van der Waals surface area contributed by atoms with Gasteiger partial charge in [-0.15, -0.1) is 5.10 Å². The van der Waals surface area contributed by atoms with Gasteiger partial charge in [-0.2, -0.15) is 13.2 Å². The zero-order valence-corrected chi connectivity index (χ0v) is 18.3. The van der Waals surface area contributed by atoms with Crippen molar-refractivity contribution in [1.29, 1.82) is 0 Å². The molecule has 9 heteroatoms. The number of nitrogens with zero attached hydrogens (tertiary/aromatic N) is 4. The Labute approximate surface area is 194 Å². The lowest BCUT2D eigenvalue weighted by Gasteiger charge is -2.12. The molecule has 0 saturated heterocycles. The second-order valence-electron chi connectivity index (χ2n) is 7.68. The first kappa shape index (κ1) is 23.3. The van der Waals surface area contributed by atoms with E-state index in [1.165, 1.54) is 36.4 Å². The lowest BCUT2D eigenvalue weighted by Crippen LogP contribution is -2.08. The number of hydrogen-bond donors (Lipinski definition) is 0. The number of rotatable bonds is 10. The van der Waals surface area contributed by atoms with Gasteiger partial charge in [0.1, 0.15) is 24.3 Å². The molecule has 0 amide bonds. The number of alkyl halides is 3. The smallest absolute Gasteiger partial charge is 0.416 e. The number of benzene rings is 2. The van der Waals surface area contributed by atoms with Gasteiger partial charge in [-0.3, -0.25) is 4.68 Å². The van der Waals surface area contributed by atoms with Crippen LogP contribution in [0.2, 0.25) is 0 Å². The number of oxazole rings is 1. The van der Waals surface area contributed by atoms with Crippen LogP contribution < -0.4 is 4.74 Å². The van der Waals surface area contributed by atoms with Gasteiger partial charge in [0.15, 0.2) is 6.39 Å². The molecule has 2 aromatic carbocycles. The quantitative estimate of drug-likeness (QED) is 0.270. The summed E-state index contributed by atoms with van der Waals surface area (Å²) in [4.78, 5) is 4.08. The molecule has 0 bridgehead atoms. The summed E-state index contributed by atoms with van der Waals surface area (Å²) in [5, 5.41) is 7.74. The fourth-order valence-electron chi connectivity index (χ4n) is 3.50. The minimum Gasteiger partial charge on any atom is -0.489 e. The Kier molecular flexibility index (Phi) is 7.41. The molecule has 0 atom stereocenters. The largest absolute Gasteiger partial charge is 0.489 e. The van der Waals surface area contributed by atoms with Crippen molar-refractivity contribution in [2.75, 3.05) is 6.61 Å². The highest BCUT2D eigenvalue weighted by Gasteiger charge is 2.32. The van der Waals surface area contributed by atoms with E-state index in [0.717, 1.165) is 31.9 Å². The Balaban J connectivity index is 1.39. The maximum Gasteiger partial charge on any atom is 0.416 e. The van der Waals surface area contributed by atoms with Crippen molar-refractivity contribution in [3.05, 3.63) is 96.0 Å². The van der Waals surface area contributed by atoms with E-state index < -0.39 is 11.7 Å². The molecule has 0 aliphatic rings. The third-order valence-electron chi connectivity index (χ3n) is 5.25. The molecular formula is C25H23F3N4O2. The maximum absolute atomic E-state index is 13.4. The van der Waals surface area contributed by atoms with Crippen LogP contribution in [0.15, 0.2) is 78.0 Å². The normalized spacial score (nSPS) is 12.1. The molecule has 0 N–H and O–H groups in total. The van der Waals surface area contributed by atoms with Crippen LogP contribution in [0, 0.1) is 0 Å². The molecule has 0 radical (unpaired) electrons. The number of halogens is 3. The molecule has 0 saturated carbocycles. The molecule has 4 aromatic rings. The summed E-state index contributed by atoms with van der Waals surface area (Å²) < 4.78 is 52.9. The molecule has 34 heavy (non-hydrogen) atoms. The molecule has 2 aromatic heterocycles. The summed E-state index contributed by atoms with van der Waals surface area (Å²) in [5.41, 5.74) is 1.39. The second-order valence-corrected chi connectivity index (χ2v) is 7.68. The Morgan fingerprint density at radius 3 is 2.59 bits per heavy atom. The van der Waals surface area contributed by atoms with Crippen molar-refractivity contribution >= 4 is 11.6 Å². The van der Waals surface area contributed by atoms with E-state index in [4.69, 9.17) is 9.15 Å². The van der Waals surface area contributed by atoms with E-state index in [0.29, 0.717) is 17.0 Å². The zero-order valence-electron chi connectivity index (χ0n) is 18.3. The van der Waals surface area contributed by atoms with Crippen LogP contribution in [0.25, 0.3) is 11.6 Å². The summed E-state index contributed by atoms with van der Waals surface area (Å²) in [5.74, 6) is 0.616. The molecule has 0 unspecified atom stereocenters. The highest BCUT2D eigenvalue weighted by Crippen LogP contribution is 2.33. The van der Waals surface area contributed by atoms with Crippen LogP contribution in [0.1, 0.15) is 35.2 Å². The molecule has 0 aliphatic heterocycles. The number of aromatic nitrogens is 4. The summed E-state index contributed by atoms with van der Waals surface area (Å²) in [6, 6.07) is 13.1. The summed E-state index contributed by atoms with van der Waals surface area (Å²) in [6.45, 7) is 0.867. The van der Waals surface area contributed by atoms with Gasteiger partial charge in [0.25, 0.3) is 0 Å². The predicted octanol–water partition coefficient (Wildman–Crippen LogP) is 5.93. The molecule has 0 spiro atoms. The van der Waals surface area contributed by atoms with Crippen molar-refractivity contribution in [2.45, 2.75) is 32.0 Å². The maximum atomic E-state index is 13.4. The fraction of sp³-hybridized carbons (Fsp3) is 0.240. The van der Waals surface area contributed by atoms with E-state index in [2.05, 4.69) is 15.3 Å². The Hall–Kier alpha value is -3.88. The van der Waals surface area contributed by atoms with Crippen LogP contribution in [0.5, 0.6) is 5.75 Å². The minimum absolute atomic E-state index is 0.0377. The second kappa shape index (κ2) is 10.8. The Bertz CT molecular complexity index is 1190. The molecular weight excluding hydrogens is 445 g/mol. The van der Waals surface area contributed by atoms with E-state index >= 15 is 0 Å². The molecule has 176 valence electrons. The first-order chi connectivity index (χ1) is 16.5. The van der Waals surface area contributed by atoms with Gasteiger partial charge < -0.3 is 9.15 Å². The SMILES string of the molecule is FC(F)(F)c1ccccc1C=C(COc1ccc(CCCCn2ccnn2)cc1)c1cocn1. The van der Waals surface area contributed by atoms with Crippen LogP contribution in [0.3, 0.4) is 0 Å². The third-order valence-corrected chi connectivity index (χ3v) is 5.25. The van der Waals surface area contributed by atoms with Crippen LogP contribution in [0.4, 0.5) is 13.2 Å². The first-order valence-electron chi connectivity index (χ1n) is 10.8. The van der Waals surface area contributed by atoms with E-state index in [9.17, 15) is 13.2 Å². The molecule has 6 nitrogen and oxygen atoms in total. The predicted molar refractivity (Wildman–Crippen MR) is 121 cm³/mol. The number of hydrogen-bond acceptors (Lipinski definition) is 5. The van der Waals surface area contributed by atoms with Crippen molar-refractivity contribution in [3.8, 4) is 5.75 Å². The van der Waals surface area contributed by atoms with Crippen molar-refractivity contribution in [3.63, 3.8) is 0 Å². The number of ether oxygens (including phenoxy) is 1. The minimum atomic E-state index is -4.46. The molecule has 4 rings (SSSR count). The van der Waals surface area contributed by atoms with Gasteiger partial charge in [-0.25, -0.2) is 4.98 Å². The van der Waals surface area contributed by atoms with E-state index in [1.54, 1.807) is 12.3 Å². The van der Waals surface area contributed by atoms with Crippen molar-refractivity contribution in [1.82, 2.24) is 20.0 Å². The van der Waals surface area contributed by atoms with Gasteiger partial charge in [-0.05, 0) is 54.7 Å². The molecule has 0 fully saturated rings. The topological polar surface area (TPSA) is 66.0 Å². The zero-order chi connectivity index (χ0) is 23.8. The number of aryl methyl sites for hydroxylation is 2. The highest BCUT2D eigenvalue weighted by molar-refractivity contribution is 5.81. The summed E-state index contributed by atoms with van der Waals surface area (Å²) in [7, 11) is 0. The van der Waals surface area contributed by atoms with Gasteiger partial charge in [0.05, 0.1) is 11.8 Å². The Morgan fingerprint density at radius 1 is 1.06 bits per heavy atom. The van der Waals surface area contributed by atoms with Crippen LogP contribution >= 0.6 is 0 Å². The van der Waals surface area contributed by atoms with Crippen LogP contribution in [-0.2, 0) is 19.1 Å². The van der Waals surface area contributed by atoms with Crippen molar-refractivity contribution < 1.29 is 22.3 Å². The van der Waals surface area contributed by atoms with Gasteiger partial charge in [0, 0.05) is 18.3 Å². The molecule has 0 aliphatic carbocycles. The van der Waals surface area contributed by atoms with Gasteiger partial charge in [0.2, 0.25) is 0 Å². The lowest BCUT2D eigenvalue weighted by atomic mass is 10.0. The monoisotopic (exact) mass is 468 g/mol. The summed E-state index contributed by atoms with van der Waals surface area (Å²) >= 11 is 0. The standard InChI is InChI=1S/C25H23F3N4O2/c26-25(27,28)23-7-2-1-6-20(23)15-21(24-17-33-18-29-24)16-34-22-10-8-19(9-11-22)5-3-4-13-32-14-12-30-31-32/h1-2,6-12,14-15,17-18H,3-5,13,16H2. The average molecular weight is 468 g/mol. The van der Waals surface area contributed by atoms with Gasteiger partial charge in [-0.1, -0.05) is 35.5 Å².